The maximum absolute atomic E-state index is 5.29. The second-order valence-electron chi connectivity index (χ2n) is 13.6. The van der Waals surface area contributed by atoms with E-state index in [0.29, 0.717) is 17.9 Å². The molecule has 254 valence electrons. The number of pyridine rings is 1. The van der Waals surface area contributed by atoms with E-state index in [-0.39, 0.29) is 19.5 Å². The van der Waals surface area contributed by atoms with Gasteiger partial charge in [0.25, 0.3) is 0 Å². The number of hydrogen-bond acceptors (Lipinski definition) is 2. The van der Waals surface area contributed by atoms with Crippen molar-refractivity contribution in [2.24, 2.45) is 5.73 Å². The summed E-state index contributed by atoms with van der Waals surface area (Å²) in [6, 6.07) is 34.6. The van der Waals surface area contributed by atoms with Crippen molar-refractivity contribution in [3.63, 3.8) is 0 Å². The van der Waals surface area contributed by atoms with Crippen molar-refractivity contribution in [1.29, 1.82) is 0 Å². The first kappa shape index (κ1) is 39.9. The van der Waals surface area contributed by atoms with Gasteiger partial charge in [0.05, 0.1) is 5.69 Å². The average molecular weight is 762 g/mol. The third kappa shape index (κ3) is 11.3. The first-order valence-corrected chi connectivity index (χ1v) is 19.7. The van der Waals surface area contributed by atoms with E-state index in [9.17, 15) is 0 Å². The largest absolute Gasteiger partial charge is 0.325 e. The van der Waals surface area contributed by atoms with Crippen LogP contribution in [0.2, 0.25) is 0 Å². The van der Waals surface area contributed by atoms with Gasteiger partial charge in [-0.2, -0.15) is 0 Å². The zero-order valence-electron chi connectivity index (χ0n) is 30.6. The molecule has 0 spiro atoms. The molecule has 2 N–H and O–H groups in total. The van der Waals surface area contributed by atoms with E-state index in [1.807, 2.05) is 18.2 Å². The molecular weight excluding hydrogens is 708 g/mol. The molecule has 1 heterocycles. The minimum Gasteiger partial charge on any atom is -0.325 e. The first-order valence-electron chi connectivity index (χ1n) is 16.8. The first-order chi connectivity index (χ1) is 22.3. The smallest absolute Gasteiger partial charge is 0.0539 e. The van der Waals surface area contributed by atoms with E-state index >= 15 is 0 Å². The Balaban J connectivity index is 0.000000608. The fourth-order valence-corrected chi connectivity index (χ4v) is 13.5. The van der Waals surface area contributed by atoms with Crippen LogP contribution in [-0.4, -0.2) is 16.3 Å². The van der Waals surface area contributed by atoms with Gasteiger partial charge in [0.2, 0.25) is 0 Å². The summed E-state index contributed by atoms with van der Waals surface area (Å²) in [4.78, 5) is 3.97. The third-order valence-electron chi connectivity index (χ3n) is 8.44. The maximum atomic E-state index is 5.29. The molecule has 4 aromatic carbocycles. The van der Waals surface area contributed by atoms with Crippen molar-refractivity contribution >= 4 is 37.1 Å². The molecule has 0 amide bonds. The van der Waals surface area contributed by atoms with Gasteiger partial charge in [-0.25, -0.2) is 0 Å². The van der Waals surface area contributed by atoms with Gasteiger partial charge in [0, 0.05) is 32.2 Å². The molecule has 2 atom stereocenters. The van der Waals surface area contributed by atoms with Gasteiger partial charge in [-0.1, -0.05) is 137 Å². The summed E-state index contributed by atoms with van der Waals surface area (Å²) in [5.41, 5.74) is 18.3. The van der Waals surface area contributed by atoms with E-state index in [2.05, 4.69) is 147 Å². The summed E-state index contributed by atoms with van der Waals surface area (Å²) in [7, 11) is -0.973. The summed E-state index contributed by atoms with van der Waals surface area (Å²) < 4.78 is 0. The van der Waals surface area contributed by atoms with Gasteiger partial charge in [-0.05, 0) is 122 Å². The van der Waals surface area contributed by atoms with Crippen molar-refractivity contribution in [2.45, 2.75) is 93.5 Å². The van der Waals surface area contributed by atoms with Gasteiger partial charge in [0.15, 0.2) is 0 Å². The maximum Gasteiger partial charge on any atom is 0.0539 e. The number of aromatic nitrogens is 1. The molecule has 48 heavy (non-hydrogen) atoms. The molecule has 2 nitrogen and oxygen atoms in total. The molecule has 5 aromatic rings. The molecule has 5 heteroatoms. The topological polar surface area (TPSA) is 38.9 Å². The molecule has 5 rings (SSSR count). The van der Waals surface area contributed by atoms with Gasteiger partial charge in [-0.3, -0.25) is 4.98 Å². The molecule has 0 radical (unpaired) electrons. The van der Waals surface area contributed by atoms with E-state index in [0.717, 1.165) is 5.69 Å². The molecule has 0 aliphatic heterocycles. The Labute approximate surface area is 306 Å². The number of benzene rings is 4. The number of nitrogens with zero attached hydrogens (tertiary/aromatic N) is 1. The molecule has 1 aromatic heterocycles. The Kier molecular flexibility index (Phi) is 15.3. The molecule has 0 saturated carbocycles. The van der Waals surface area contributed by atoms with Crippen LogP contribution in [0, 0.1) is 55.4 Å². The SMILES string of the molecule is Cc1cc(C)cc(P(c2cc(C)cc(C)c2)[C@@H](C)C[C@H](C)P(c2cc(C)cc(C)c2)c2cc(C)cc(C)c2)c1.NCc1ccccn1.[Ru]. The van der Waals surface area contributed by atoms with Crippen LogP contribution in [-0.2, 0) is 26.0 Å². The second kappa shape index (κ2) is 18.5. The van der Waals surface area contributed by atoms with Gasteiger partial charge in [0.1, 0.15) is 0 Å². The Bertz CT molecular complexity index is 1490. The molecule has 0 aliphatic rings. The van der Waals surface area contributed by atoms with Crippen LogP contribution in [0.25, 0.3) is 0 Å². The minimum absolute atomic E-state index is 0. The van der Waals surface area contributed by atoms with Crippen molar-refractivity contribution in [3.05, 3.63) is 147 Å². The number of nitrogens with two attached hydrogens (primary N) is 1. The van der Waals surface area contributed by atoms with Crippen LogP contribution in [0.5, 0.6) is 0 Å². The van der Waals surface area contributed by atoms with E-state index in [1.165, 1.54) is 72.1 Å². The van der Waals surface area contributed by atoms with Gasteiger partial charge >= 0.3 is 0 Å². The van der Waals surface area contributed by atoms with Crippen molar-refractivity contribution in [2.75, 3.05) is 0 Å². The van der Waals surface area contributed by atoms with Crippen LogP contribution < -0.4 is 27.0 Å². The van der Waals surface area contributed by atoms with E-state index in [4.69, 9.17) is 5.73 Å². The Hall–Kier alpha value is -2.53. The van der Waals surface area contributed by atoms with Gasteiger partial charge < -0.3 is 5.73 Å². The summed E-state index contributed by atoms with van der Waals surface area (Å²) in [5, 5.41) is 6.09. The molecular formula is C43H54N2P2Ru. The Morgan fingerprint density at radius 1 is 0.500 bits per heavy atom. The molecule has 0 bridgehead atoms. The Morgan fingerprint density at radius 2 is 0.792 bits per heavy atom. The van der Waals surface area contributed by atoms with Crippen LogP contribution >= 0.6 is 15.8 Å². The quantitative estimate of drug-likeness (QED) is 0.120. The number of hydrogen-bond donors (Lipinski definition) is 1. The van der Waals surface area contributed by atoms with E-state index < -0.39 is 15.8 Å². The molecule has 0 fully saturated rings. The summed E-state index contributed by atoms with van der Waals surface area (Å²) >= 11 is 0. The molecule has 0 saturated heterocycles. The third-order valence-corrected chi connectivity index (χ3v) is 13.9. The summed E-state index contributed by atoms with van der Waals surface area (Å²) in [6.07, 6.45) is 2.94. The second-order valence-corrected chi connectivity index (χ2v) is 18.9. The Morgan fingerprint density at radius 3 is 1.00 bits per heavy atom. The molecule has 0 unspecified atom stereocenters. The van der Waals surface area contributed by atoms with Crippen LogP contribution in [0.4, 0.5) is 0 Å². The predicted octanol–water partition coefficient (Wildman–Crippen LogP) is 9.42. The fourth-order valence-electron chi connectivity index (χ4n) is 6.90. The van der Waals surface area contributed by atoms with Crippen LogP contribution in [0.1, 0.15) is 70.5 Å². The van der Waals surface area contributed by atoms with Crippen LogP contribution in [0.3, 0.4) is 0 Å². The zero-order chi connectivity index (χ0) is 34.2. The van der Waals surface area contributed by atoms with Crippen molar-refractivity contribution in [3.8, 4) is 0 Å². The fraction of sp³-hybridized carbons (Fsp3) is 0.326. The van der Waals surface area contributed by atoms with Crippen molar-refractivity contribution < 1.29 is 19.5 Å². The summed E-state index contributed by atoms with van der Waals surface area (Å²) in [6.45, 7) is 23.6. The minimum atomic E-state index is -0.487. The summed E-state index contributed by atoms with van der Waals surface area (Å²) in [5.74, 6) is 0. The monoisotopic (exact) mass is 762 g/mol. The average Bonchev–Trinajstić information content (AvgIpc) is 2.96. The number of aryl methyl sites for hydroxylation is 8. The predicted molar refractivity (Wildman–Crippen MR) is 212 cm³/mol. The zero-order valence-corrected chi connectivity index (χ0v) is 34.1. The van der Waals surface area contributed by atoms with Gasteiger partial charge in [-0.15, -0.1) is 0 Å². The van der Waals surface area contributed by atoms with Crippen molar-refractivity contribution in [1.82, 2.24) is 4.98 Å². The van der Waals surface area contributed by atoms with Crippen LogP contribution in [0.15, 0.2) is 97.2 Å². The molecule has 0 aliphatic carbocycles. The number of rotatable bonds is 9. The standard InChI is InChI=1S/C37H46P2.C6H8N2.Ru/c1-24-11-25(2)16-34(15-24)38(35-17-26(3)12-27(4)18-35)32(9)23-33(10)39(36-19-28(5)13-29(6)20-36)37-21-30(7)14-31(8)22-37;7-5-6-3-1-2-4-8-6;/h11-22,32-33H,23H2,1-10H3;1-4H,5,7H2;/t32-,33-;;/m0../s1. The van der Waals surface area contributed by atoms with E-state index in [1.54, 1.807) is 6.20 Å². The normalized spacial score (nSPS) is 12.3.